The lowest BCUT2D eigenvalue weighted by Crippen LogP contribution is -2.36. The Kier molecular flexibility index (Phi) is 4.70. The van der Waals surface area contributed by atoms with Gasteiger partial charge in [0, 0.05) is 31.3 Å². The topological polar surface area (TPSA) is 58.6 Å². The number of nitrogens with one attached hydrogen (secondary N) is 1. The molecule has 2 aromatic rings. The number of anilines is 1. The summed E-state index contributed by atoms with van der Waals surface area (Å²) in [5.74, 6) is -0.811. The largest absolute Gasteiger partial charge is 0.494 e. The Balaban J connectivity index is 1.80. The Morgan fingerprint density at radius 1 is 1.16 bits per heavy atom. The third-order valence-electron chi connectivity index (χ3n) is 4.22. The molecule has 2 amide bonds. The van der Waals surface area contributed by atoms with Gasteiger partial charge in [-0.2, -0.15) is 0 Å². The number of fused-ring (bicyclic) bond motifs is 1. The third kappa shape index (κ3) is 3.63. The number of benzene rings is 2. The summed E-state index contributed by atoms with van der Waals surface area (Å²) < 4.78 is 18.7. The minimum atomic E-state index is -0.557. The van der Waals surface area contributed by atoms with E-state index in [-0.39, 0.29) is 17.6 Å². The average Bonchev–Trinajstić information content (AvgIpc) is 2.60. The molecule has 25 heavy (non-hydrogen) atoms. The summed E-state index contributed by atoms with van der Waals surface area (Å²) in [5, 5.41) is 2.74. The third-order valence-corrected chi connectivity index (χ3v) is 4.22. The van der Waals surface area contributed by atoms with Crippen LogP contribution in [0.3, 0.4) is 0 Å². The first-order valence-electron chi connectivity index (χ1n) is 8.00. The zero-order chi connectivity index (χ0) is 18.0. The van der Waals surface area contributed by atoms with Crippen molar-refractivity contribution in [2.75, 3.05) is 19.0 Å². The summed E-state index contributed by atoms with van der Waals surface area (Å²) in [6.45, 7) is 2.45. The van der Waals surface area contributed by atoms with E-state index in [9.17, 15) is 14.0 Å². The Bertz CT molecular complexity index is 835. The number of hydrogen-bond acceptors (Lipinski definition) is 3. The molecule has 1 N–H and O–H groups in total. The standard InChI is InChI=1S/C19H19FN2O3/c1-12(23)21-16-5-3-13-7-8-22(11-15(13)9-16)19(24)14-4-6-18(25-2)17(20)10-14/h3-6,9-10H,7-8,11H2,1-2H3,(H,21,23). The number of carbonyl (C=O) groups excluding carboxylic acids is 2. The fourth-order valence-electron chi connectivity index (χ4n) is 2.99. The zero-order valence-electron chi connectivity index (χ0n) is 14.1. The van der Waals surface area contributed by atoms with E-state index in [4.69, 9.17) is 4.74 Å². The smallest absolute Gasteiger partial charge is 0.254 e. The number of methoxy groups -OCH3 is 1. The SMILES string of the molecule is COc1ccc(C(=O)N2CCc3ccc(NC(C)=O)cc3C2)cc1F. The van der Waals surface area contributed by atoms with Crippen LogP contribution in [0.15, 0.2) is 36.4 Å². The summed E-state index contributed by atoms with van der Waals surface area (Å²) in [4.78, 5) is 25.6. The molecule has 6 heteroatoms. The van der Waals surface area contributed by atoms with Crippen molar-refractivity contribution < 1.29 is 18.7 Å². The molecule has 0 fully saturated rings. The number of halogens is 1. The molecule has 5 nitrogen and oxygen atoms in total. The van der Waals surface area contributed by atoms with E-state index in [1.165, 1.54) is 26.2 Å². The van der Waals surface area contributed by atoms with Gasteiger partial charge in [-0.25, -0.2) is 4.39 Å². The molecule has 0 saturated heterocycles. The molecular weight excluding hydrogens is 323 g/mol. The molecule has 1 aliphatic rings. The van der Waals surface area contributed by atoms with Crippen LogP contribution in [0.5, 0.6) is 5.75 Å². The predicted molar refractivity (Wildman–Crippen MR) is 92.1 cm³/mol. The van der Waals surface area contributed by atoms with Crippen LogP contribution in [-0.2, 0) is 17.8 Å². The van der Waals surface area contributed by atoms with E-state index in [1.807, 2.05) is 18.2 Å². The van der Waals surface area contributed by atoms with Gasteiger partial charge in [-0.05, 0) is 47.9 Å². The molecule has 0 atom stereocenters. The van der Waals surface area contributed by atoms with Crippen LogP contribution in [0.1, 0.15) is 28.4 Å². The highest BCUT2D eigenvalue weighted by atomic mass is 19.1. The highest BCUT2D eigenvalue weighted by Crippen LogP contribution is 2.25. The van der Waals surface area contributed by atoms with Crippen LogP contribution in [0, 0.1) is 5.82 Å². The fraction of sp³-hybridized carbons (Fsp3) is 0.263. The van der Waals surface area contributed by atoms with Gasteiger partial charge in [0.1, 0.15) is 0 Å². The zero-order valence-corrected chi connectivity index (χ0v) is 14.1. The Hall–Kier alpha value is -2.89. The Morgan fingerprint density at radius 3 is 2.64 bits per heavy atom. The molecule has 0 aromatic heterocycles. The highest BCUT2D eigenvalue weighted by Gasteiger charge is 2.23. The van der Waals surface area contributed by atoms with Gasteiger partial charge in [0.2, 0.25) is 5.91 Å². The molecular formula is C19H19FN2O3. The quantitative estimate of drug-likeness (QED) is 0.933. The van der Waals surface area contributed by atoms with Gasteiger partial charge in [-0.15, -0.1) is 0 Å². The normalized spacial score (nSPS) is 13.2. The molecule has 1 aliphatic heterocycles. The van der Waals surface area contributed by atoms with Crippen LogP contribution in [0.2, 0.25) is 0 Å². The summed E-state index contributed by atoms with van der Waals surface area (Å²) in [7, 11) is 1.38. The van der Waals surface area contributed by atoms with E-state index < -0.39 is 5.82 Å². The number of rotatable bonds is 3. The summed E-state index contributed by atoms with van der Waals surface area (Å²) in [5.41, 5.74) is 3.13. The predicted octanol–water partition coefficient (Wildman–Crippen LogP) is 2.99. The minimum Gasteiger partial charge on any atom is -0.494 e. The molecule has 0 aliphatic carbocycles. The maximum absolute atomic E-state index is 13.9. The Labute approximate surface area is 145 Å². The lowest BCUT2D eigenvalue weighted by atomic mass is 9.98. The van der Waals surface area contributed by atoms with Crippen molar-refractivity contribution >= 4 is 17.5 Å². The molecule has 130 valence electrons. The van der Waals surface area contributed by atoms with Crippen molar-refractivity contribution in [2.45, 2.75) is 19.9 Å². The van der Waals surface area contributed by atoms with Crippen LogP contribution in [0.4, 0.5) is 10.1 Å². The summed E-state index contributed by atoms with van der Waals surface area (Å²) in [6.07, 6.45) is 0.722. The van der Waals surface area contributed by atoms with E-state index >= 15 is 0 Å². The second kappa shape index (κ2) is 6.93. The molecule has 2 aromatic carbocycles. The van der Waals surface area contributed by atoms with Crippen LogP contribution < -0.4 is 10.1 Å². The monoisotopic (exact) mass is 342 g/mol. The lowest BCUT2D eigenvalue weighted by Gasteiger charge is -2.29. The highest BCUT2D eigenvalue weighted by molar-refractivity contribution is 5.94. The molecule has 0 radical (unpaired) electrons. The average molecular weight is 342 g/mol. The molecule has 3 rings (SSSR count). The Morgan fingerprint density at radius 2 is 1.96 bits per heavy atom. The second-order valence-corrected chi connectivity index (χ2v) is 5.99. The maximum atomic E-state index is 13.9. The van der Waals surface area contributed by atoms with E-state index in [0.29, 0.717) is 24.3 Å². The van der Waals surface area contributed by atoms with Crippen LogP contribution in [0.25, 0.3) is 0 Å². The second-order valence-electron chi connectivity index (χ2n) is 5.99. The minimum absolute atomic E-state index is 0.112. The number of carbonyl (C=O) groups is 2. The van der Waals surface area contributed by atoms with Gasteiger partial charge in [0.05, 0.1) is 7.11 Å². The maximum Gasteiger partial charge on any atom is 0.254 e. The van der Waals surface area contributed by atoms with Gasteiger partial charge in [0.15, 0.2) is 11.6 Å². The van der Waals surface area contributed by atoms with Crippen molar-refractivity contribution in [3.63, 3.8) is 0 Å². The molecule has 0 unspecified atom stereocenters. The molecule has 0 bridgehead atoms. The molecule has 1 heterocycles. The first-order chi connectivity index (χ1) is 12.0. The summed E-state index contributed by atoms with van der Waals surface area (Å²) in [6, 6.07) is 9.92. The fourth-order valence-corrected chi connectivity index (χ4v) is 2.99. The number of hydrogen-bond donors (Lipinski definition) is 1. The van der Waals surface area contributed by atoms with Crippen molar-refractivity contribution in [3.05, 3.63) is 58.9 Å². The van der Waals surface area contributed by atoms with Gasteiger partial charge in [-0.1, -0.05) is 6.07 Å². The van der Waals surface area contributed by atoms with E-state index in [0.717, 1.165) is 17.5 Å². The van der Waals surface area contributed by atoms with Crippen molar-refractivity contribution in [1.82, 2.24) is 4.90 Å². The van der Waals surface area contributed by atoms with Crippen LogP contribution in [-0.4, -0.2) is 30.4 Å². The number of ether oxygens (including phenoxy) is 1. The molecule has 0 spiro atoms. The van der Waals surface area contributed by atoms with Gasteiger partial charge in [0.25, 0.3) is 5.91 Å². The first-order valence-corrected chi connectivity index (χ1v) is 8.00. The number of nitrogens with zero attached hydrogens (tertiary/aromatic N) is 1. The van der Waals surface area contributed by atoms with Gasteiger partial charge < -0.3 is 15.0 Å². The van der Waals surface area contributed by atoms with Crippen molar-refractivity contribution in [3.8, 4) is 5.75 Å². The molecule has 0 saturated carbocycles. The van der Waals surface area contributed by atoms with Gasteiger partial charge in [-0.3, -0.25) is 9.59 Å². The number of amides is 2. The van der Waals surface area contributed by atoms with Crippen molar-refractivity contribution in [2.24, 2.45) is 0 Å². The van der Waals surface area contributed by atoms with Crippen molar-refractivity contribution in [1.29, 1.82) is 0 Å². The van der Waals surface area contributed by atoms with Gasteiger partial charge >= 0.3 is 0 Å². The van der Waals surface area contributed by atoms with E-state index in [2.05, 4.69) is 5.32 Å². The first kappa shape index (κ1) is 17.0. The van der Waals surface area contributed by atoms with Crippen LogP contribution >= 0.6 is 0 Å². The summed E-state index contributed by atoms with van der Waals surface area (Å²) >= 11 is 0. The van der Waals surface area contributed by atoms with E-state index in [1.54, 1.807) is 11.0 Å². The lowest BCUT2D eigenvalue weighted by molar-refractivity contribution is -0.114.